The van der Waals surface area contributed by atoms with E-state index < -0.39 is 11.7 Å². The molecule has 2 aromatic rings. The minimum absolute atomic E-state index is 0.134. The molecule has 124 valence electrons. The minimum Gasteiger partial charge on any atom is -0.325 e. The Morgan fingerprint density at radius 2 is 1.67 bits per heavy atom. The molecule has 0 aromatic heterocycles. The normalized spacial score (nSPS) is 18.8. The quantitative estimate of drug-likeness (QED) is 0.824. The molecule has 0 saturated heterocycles. The first-order chi connectivity index (χ1) is 11.5. The molecule has 0 radical (unpaired) electrons. The lowest BCUT2D eigenvalue weighted by molar-refractivity contribution is -0.122. The number of amides is 2. The van der Waals surface area contributed by atoms with Crippen molar-refractivity contribution in [3.63, 3.8) is 0 Å². The van der Waals surface area contributed by atoms with Crippen LogP contribution in [-0.4, -0.2) is 11.8 Å². The summed E-state index contributed by atoms with van der Waals surface area (Å²) in [6.07, 6.45) is 0.468. The van der Waals surface area contributed by atoms with Gasteiger partial charge in [0.15, 0.2) is 0 Å². The molecule has 3 rings (SSSR count). The lowest BCUT2D eigenvalue weighted by atomic mass is 10.2. The number of hydrogen-bond donors (Lipinski definition) is 2. The van der Waals surface area contributed by atoms with Gasteiger partial charge in [0.1, 0.15) is 5.82 Å². The van der Waals surface area contributed by atoms with Crippen LogP contribution in [0.15, 0.2) is 46.9 Å². The second-order valence-electron chi connectivity index (χ2n) is 5.89. The highest BCUT2D eigenvalue weighted by Crippen LogP contribution is 2.40. The van der Waals surface area contributed by atoms with Gasteiger partial charge in [-0.2, -0.15) is 0 Å². The van der Waals surface area contributed by atoms with Crippen molar-refractivity contribution in [3.05, 3.63) is 58.3 Å². The zero-order valence-electron chi connectivity index (χ0n) is 13.0. The highest BCUT2D eigenvalue weighted by atomic mass is 79.9. The van der Waals surface area contributed by atoms with Crippen LogP contribution < -0.4 is 10.6 Å². The van der Waals surface area contributed by atoms with Gasteiger partial charge >= 0.3 is 0 Å². The summed E-state index contributed by atoms with van der Waals surface area (Å²) in [6, 6.07) is 11.6. The molecule has 1 aliphatic carbocycles. The SMILES string of the molecule is Cc1ccc(NC(=O)C2CC2C(=O)Nc2ccccc2F)c(Br)c1. The second kappa shape index (κ2) is 6.73. The molecule has 0 heterocycles. The summed E-state index contributed by atoms with van der Waals surface area (Å²) in [7, 11) is 0. The van der Waals surface area contributed by atoms with Crippen molar-refractivity contribution in [1.82, 2.24) is 0 Å². The summed E-state index contributed by atoms with van der Waals surface area (Å²) in [5, 5.41) is 5.36. The van der Waals surface area contributed by atoms with Crippen molar-refractivity contribution < 1.29 is 14.0 Å². The first-order valence-corrected chi connectivity index (χ1v) is 8.37. The van der Waals surface area contributed by atoms with Crippen LogP contribution in [0.4, 0.5) is 15.8 Å². The van der Waals surface area contributed by atoms with Gasteiger partial charge in [-0.05, 0) is 59.1 Å². The lowest BCUT2D eigenvalue weighted by Crippen LogP contribution is -2.21. The summed E-state index contributed by atoms with van der Waals surface area (Å²) in [6.45, 7) is 1.96. The Balaban J connectivity index is 1.59. The first-order valence-electron chi connectivity index (χ1n) is 7.58. The fourth-order valence-electron chi connectivity index (χ4n) is 2.51. The average molecular weight is 391 g/mol. The van der Waals surface area contributed by atoms with Gasteiger partial charge in [-0.3, -0.25) is 9.59 Å². The molecule has 0 aliphatic heterocycles. The van der Waals surface area contributed by atoms with Gasteiger partial charge in [-0.25, -0.2) is 4.39 Å². The molecule has 0 bridgehead atoms. The van der Waals surface area contributed by atoms with E-state index >= 15 is 0 Å². The molecule has 4 nitrogen and oxygen atoms in total. The molecule has 2 N–H and O–H groups in total. The summed E-state index contributed by atoms with van der Waals surface area (Å²) in [5.74, 6) is -1.83. The molecule has 1 aliphatic rings. The fourth-order valence-corrected chi connectivity index (χ4v) is 3.10. The van der Waals surface area contributed by atoms with Crippen LogP contribution in [0.25, 0.3) is 0 Å². The van der Waals surface area contributed by atoms with Gasteiger partial charge in [0.25, 0.3) is 0 Å². The summed E-state index contributed by atoms with van der Waals surface area (Å²) in [4.78, 5) is 24.4. The Morgan fingerprint density at radius 3 is 2.29 bits per heavy atom. The van der Waals surface area contributed by atoms with Crippen molar-refractivity contribution in [2.45, 2.75) is 13.3 Å². The molecule has 1 saturated carbocycles. The number of anilines is 2. The topological polar surface area (TPSA) is 58.2 Å². The Hall–Kier alpha value is -2.21. The zero-order chi connectivity index (χ0) is 17.3. The van der Waals surface area contributed by atoms with Crippen molar-refractivity contribution in [2.75, 3.05) is 10.6 Å². The van der Waals surface area contributed by atoms with Crippen molar-refractivity contribution in [2.24, 2.45) is 11.8 Å². The molecular weight excluding hydrogens is 375 g/mol. The van der Waals surface area contributed by atoms with Crippen LogP contribution in [-0.2, 0) is 9.59 Å². The van der Waals surface area contributed by atoms with Crippen LogP contribution in [0.5, 0.6) is 0 Å². The Morgan fingerprint density at radius 1 is 1.04 bits per heavy atom. The third-order valence-electron chi connectivity index (χ3n) is 3.98. The van der Waals surface area contributed by atoms with E-state index in [-0.39, 0.29) is 23.4 Å². The standard InChI is InChI=1S/C18H16BrFN2O2/c1-10-6-7-15(13(19)8-10)21-17(23)11-9-12(11)18(24)22-16-5-3-2-4-14(16)20/h2-8,11-12H,9H2,1H3,(H,21,23)(H,22,24). The van der Waals surface area contributed by atoms with Gasteiger partial charge in [0, 0.05) is 4.47 Å². The van der Waals surface area contributed by atoms with E-state index in [1.165, 1.54) is 12.1 Å². The van der Waals surface area contributed by atoms with Crippen molar-refractivity contribution in [3.8, 4) is 0 Å². The number of rotatable bonds is 4. The number of nitrogens with one attached hydrogen (secondary N) is 2. The van der Waals surface area contributed by atoms with Gasteiger partial charge in [-0.1, -0.05) is 18.2 Å². The van der Waals surface area contributed by atoms with E-state index in [0.29, 0.717) is 12.1 Å². The van der Waals surface area contributed by atoms with Gasteiger partial charge in [0.2, 0.25) is 11.8 Å². The summed E-state index contributed by atoms with van der Waals surface area (Å²) >= 11 is 3.41. The number of para-hydroxylation sites is 1. The lowest BCUT2D eigenvalue weighted by Gasteiger charge is -2.08. The molecule has 0 spiro atoms. The number of carbonyl (C=O) groups is 2. The Bertz CT molecular complexity index is 809. The molecule has 2 unspecified atom stereocenters. The zero-order valence-corrected chi connectivity index (χ0v) is 14.6. The van der Waals surface area contributed by atoms with E-state index in [9.17, 15) is 14.0 Å². The Kier molecular flexibility index (Phi) is 4.66. The van der Waals surface area contributed by atoms with Gasteiger partial charge < -0.3 is 10.6 Å². The highest BCUT2D eigenvalue weighted by Gasteiger charge is 2.48. The molecule has 2 amide bonds. The van der Waals surface area contributed by atoms with E-state index in [1.54, 1.807) is 12.1 Å². The number of benzene rings is 2. The van der Waals surface area contributed by atoms with E-state index in [2.05, 4.69) is 26.6 Å². The maximum atomic E-state index is 13.6. The van der Waals surface area contributed by atoms with Crippen LogP contribution in [0.2, 0.25) is 0 Å². The Labute approximate surface area is 147 Å². The fraction of sp³-hybridized carbons (Fsp3) is 0.222. The molecule has 1 fully saturated rings. The van der Waals surface area contributed by atoms with Crippen LogP contribution in [0.3, 0.4) is 0 Å². The van der Waals surface area contributed by atoms with E-state index in [1.807, 2.05) is 25.1 Å². The summed E-state index contributed by atoms with van der Waals surface area (Å²) in [5.41, 5.74) is 1.88. The maximum absolute atomic E-state index is 13.6. The van der Waals surface area contributed by atoms with E-state index in [4.69, 9.17) is 0 Å². The molecule has 2 aromatic carbocycles. The predicted molar refractivity (Wildman–Crippen MR) is 94.1 cm³/mol. The number of carbonyl (C=O) groups excluding carboxylic acids is 2. The third-order valence-corrected chi connectivity index (χ3v) is 4.63. The first kappa shape index (κ1) is 16.6. The van der Waals surface area contributed by atoms with Crippen molar-refractivity contribution in [1.29, 1.82) is 0 Å². The van der Waals surface area contributed by atoms with Crippen molar-refractivity contribution >= 4 is 39.1 Å². The van der Waals surface area contributed by atoms with Gasteiger partial charge in [-0.15, -0.1) is 0 Å². The molecule has 6 heteroatoms. The molecular formula is C18H16BrFN2O2. The van der Waals surface area contributed by atoms with Crippen LogP contribution >= 0.6 is 15.9 Å². The number of hydrogen-bond acceptors (Lipinski definition) is 2. The molecule has 2 atom stereocenters. The number of halogens is 2. The smallest absolute Gasteiger partial charge is 0.228 e. The van der Waals surface area contributed by atoms with Crippen LogP contribution in [0.1, 0.15) is 12.0 Å². The molecule has 24 heavy (non-hydrogen) atoms. The van der Waals surface area contributed by atoms with Gasteiger partial charge in [0.05, 0.1) is 23.2 Å². The maximum Gasteiger partial charge on any atom is 0.228 e. The van der Waals surface area contributed by atoms with E-state index in [0.717, 1.165) is 10.0 Å². The average Bonchev–Trinajstić information content (AvgIpc) is 3.33. The largest absolute Gasteiger partial charge is 0.325 e. The predicted octanol–water partition coefficient (Wildman–Crippen LogP) is 4.11. The second-order valence-corrected chi connectivity index (χ2v) is 6.74. The summed E-state index contributed by atoms with van der Waals surface area (Å²) < 4.78 is 14.4. The van der Waals surface area contributed by atoms with Crippen LogP contribution in [0, 0.1) is 24.6 Å². The minimum atomic E-state index is -0.490. The highest BCUT2D eigenvalue weighted by molar-refractivity contribution is 9.10. The monoisotopic (exact) mass is 390 g/mol. The number of aryl methyl sites for hydroxylation is 1. The third kappa shape index (κ3) is 3.64.